The molecule has 4 rings (SSSR count). The first kappa shape index (κ1) is 15.0. The van der Waals surface area contributed by atoms with Gasteiger partial charge in [0, 0.05) is 22.5 Å². The van der Waals surface area contributed by atoms with E-state index in [9.17, 15) is 0 Å². The van der Waals surface area contributed by atoms with Gasteiger partial charge in [-0.05, 0) is 41.5 Å². The molecule has 5 heteroatoms. The monoisotopic (exact) mass is 328 g/mol. The third kappa shape index (κ3) is 3.07. The molecule has 122 valence electrons. The van der Waals surface area contributed by atoms with Crippen molar-refractivity contribution in [3.63, 3.8) is 0 Å². The van der Waals surface area contributed by atoms with Gasteiger partial charge in [-0.2, -0.15) is 0 Å². The maximum Gasteiger partial charge on any atom is 0.248 e. The molecule has 1 aromatic heterocycles. The zero-order chi connectivity index (χ0) is 17.2. The molecule has 0 unspecified atom stereocenters. The Bertz CT molecular complexity index is 987. The lowest BCUT2D eigenvalue weighted by Gasteiger charge is -2.02. The maximum absolute atomic E-state index is 5.82. The highest BCUT2D eigenvalue weighted by Gasteiger charge is 2.11. The molecule has 0 saturated heterocycles. The van der Waals surface area contributed by atoms with Gasteiger partial charge in [0.2, 0.25) is 11.8 Å². The number of nitrogens with zero attached hydrogens (tertiary/aromatic N) is 2. The van der Waals surface area contributed by atoms with E-state index in [-0.39, 0.29) is 0 Å². The molecular formula is C20H16N4O. The number of hydrogen-bond acceptors (Lipinski definition) is 5. The summed E-state index contributed by atoms with van der Waals surface area (Å²) in [6.45, 7) is 0. The minimum Gasteiger partial charge on any atom is -0.416 e. The van der Waals surface area contributed by atoms with Crippen LogP contribution in [0, 0.1) is 0 Å². The quantitative estimate of drug-likeness (QED) is 0.549. The Labute approximate surface area is 144 Å². The number of benzene rings is 3. The fourth-order valence-corrected chi connectivity index (χ4v) is 2.69. The van der Waals surface area contributed by atoms with E-state index >= 15 is 0 Å². The normalized spacial score (nSPS) is 10.7. The Hall–Kier alpha value is -3.60. The average Bonchev–Trinajstić information content (AvgIpc) is 3.12. The maximum atomic E-state index is 5.82. The van der Waals surface area contributed by atoms with Crippen LogP contribution in [0.15, 0.2) is 77.2 Å². The first-order valence-electron chi connectivity index (χ1n) is 7.85. The first-order valence-corrected chi connectivity index (χ1v) is 7.85. The van der Waals surface area contributed by atoms with Crippen LogP contribution in [0.5, 0.6) is 0 Å². The van der Waals surface area contributed by atoms with E-state index in [1.165, 1.54) is 0 Å². The summed E-state index contributed by atoms with van der Waals surface area (Å²) in [4.78, 5) is 0. The van der Waals surface area contributed by atoms with Crippen molar-refractivity contribution < 1.29 is 4.42 Å². The summed E-state index contributed by atoms with van der Waals surface area (Å²) in [5.41, 5.74) is 16.6. The second kappa shape index (κ2) is 6.13. The summed E-state index contributed by atoms with van der Waals surface area (Å²) >= 11 is 0. The molecule has 0 aliphatic heterocycles. The molecule has 5 nitrogen and oxygen atoms in total. The summed E-state index contributed by atoms with van der Waals surface area (Å²) in [7, 11) is 0. The second-order valence-electron chi connectivity index (χ2n) is 5.74. The summed E-state index contributed by atoms with van der Waals surface area (Å²) in [5.74, 6) is 0.844. The predicted octanol–water partition coefficient (Wildman–Crippen LogP) is 4.24. The minimum absolute atomic E-state index is 0.390. The van der Waals surface area contributed by atoms with E-state index in [1.807, 2.05) is 42.5 Å². The van der Waals surface area contributed by atoms with Crippen LogP contribution in [0.1, 0.15) is 0 Å². The van der Waals surface area contributed by atoms with Crippen molar-refractivity contribution in [3.8, 4) is 34.0 Å². The Morgan fingerprint density at radius 2 is 1.08 bits per heavy atom. The van der Waals surface area contributed by atoms with Crippen LogP contribution in [0.3, 0.4) is 0 Å². The third-order valence-corrected chi connectivity index (χ3v) is 3.89. The number of anilines is 2. The highest BCUT2D eigenvalue weighted by Crippen LogP contribution is 2.28. The molecule has 0 amide bonds. The van der Waals surface area contributed by atoms with Crippen LogP contribution < -0.4 is 11.5 Å². The van der Waals surface area contributed by atoms with Crippen molar-refractivity contribution in [2.45, 2.75) is 0 Å². The van der Waals surface area contributed by atoms with Crippen molar-refractivity contribution in [1.29, 1.82) is 0 Å². The number of aromatic nitrogens is 2. The Kier molecular flexibility index (Phi) is 3.67. The number of hydrogen-bond donors (Lipinski definition) is 2. The van der Waals surface area contributed by atoms with E-state index < -0.39 is 0 Å². The van der Waals surface area contributed by atoms with Gasteiger partial charge in [0.05, 0.1) is 0 Å². The van der Waals surface area contributed by atoms with Gasteiger partial charge in [-0.3, -0.25) is 0 Å². The molecule has 1 heterocycles. The van der Waals surface area contributed by atoms with Gasteiger partial charge >= 0.3 is 0 Å². The number of nitrogens with two attached hydrogens (primary N) is 2. The third-order valence-electron chi connectivity index (χ3n) is 3.89. The summed E-state index contributed by atoms with van der Waals surface area (Å²) < 4.78 is 5.78. The molecular weight excluding hydrogens is 312 g/mol. The zero-order valence-electron chi connectivity index (χ0n) is 13.4. The molecule has 25 heavy (non-hydrogen) atoms. The zero-order valence-corrected chi connectivity index (χ0v) is 13.4. The predicted molar refractivity (Wildman–Crippen MR) is 99.4 cm³/mol. The molecule has 0 fully saturated rings. The Balaban J connectivity index is 1.64. The molecule has 4 aromatic rings. The van der Waals surface area contributed by atoms with Gasteiger partial charge in [0.1, 0.15) is 0 Å². The molecule has 0 aliphatic rings. The summed E-state index contributed by atoms with van der Waals surface area (Å²) in [6.07, 6.45) is 0. The van der Waals surface area contributed by atoms with Crippen LogP contribution in [-0.2, 0) is 0 Å². The molecule has 0 atom stereocenters. The van der Waals surface area contributed by atoms with Gasteiger partial charge in [0.15, 0.2) is 0 Å². The molecule has 0 saturated carbocycles. The second-order valence-corrected chi connectivity index (χ2v) is 5.74. The van der Waals surface area contributed by atoms with E-state index in [0.29, 0.717) is 28.7 Å². The van der Waals surface area contributed by atoms with Crippen LogP contribution in [0.2, 0.25) is 0 Å². The van der Waals surface area contributed by atoms with Gasteiger partial charge in [0.25, 0.3) is 0 Å². The van der Waals surface area contributed by atoms with Gasteiger partial charge in [-0.25, -0.2) is 0 Å². The number of rotatable bonds is 3. The highest BCUT2D eigenvalue weighted by molar-refractivity contribution is 5.69. The van der Waals surface area contributed by atoms with Crippen molar-refractivity contribution in [3.05, 3.63) is 72.8 Å². The smallest absolute Gasteiger partial charge is 0.248 e. The van der Waals surface area contributed by atoms with Crippen molar-refractivity contribution >= 4 is 11.4 Å². The van der Waals surface area contributed by atoms with Crippen molar-refractivity contribution in [2.24, 2.45) is 0 Å². The minimum atomic E-state index is 0.390. The molecule has 0 spiro atoms. The summed E-state index contributed by atoms with van der Waals surface area (Å²) in [6, 6.07) is 23.4. The lowest BCUT2D eigenvalue weighted by molar-refractivity contribution is 0.584. The van der Waals surface area contributed by atoms with Crippen molar-refractivity contribution in [1.82, 2.24) is 10.2 Å². The molecule has 0 radical (unpaired) electrons. The number of nitrogen functional groups attached to an aromatic ring is 2. The van der Waals surface area contributed by atoms with Gasteiger partial charge < -0.3 is 15.9 Å². The summed E-state index contributed by atoms with van der Waals surface area (Å²) in [5, 5.41) is 8.22. The topological polar surface area (TPSA) is 91.0 Å². The van der Waals surface area contributed by atoms with E-state index in [4.69, 9.17) is 15.9 Å². The van der Waals surface area contributed by atoms with E-state index in [2.05, 4.69) is 22.3 Å². The lowest BCUT2D eigenvalue weighted by atomic mass is 10.0. The lowest BCUT2D eigenvalue weighted by Crippen LogP contribution is -1.91. The molecule has 3 aromatic carbocycles. The highest BCUT2D eigenvalue weighted by atomic mass is 16.4. The van der Waals surface area contributed by atoms with Gasteiger partial charge in [-0.1, -0.05) is 42.5 Å². The van der Waals surface area contributed by atoms with Gasteiger partial charge in [-0.15, -0.1) is 10.2 Å². The van der Waals surface area contributed by atoms with Crippen LogP contribution in [0.25, 0.3) is 34.0 Å². The van der Waals surface area contributed by atoms with Crippen molar-refractivity contribution in [2.75, 3.05) is 11.5 Å². The van der Waals surface area contributed by atoms with E-state index in [0.717, 1.165) is 16.7 Å². The first-order chi connectivity index (χ1) is 12.2. The van der Waals surface area contributed by atoms with Crippen LogP contribution >= 0.6 is 0 Å². The fourth-order valence-electron chi connectivity index (χ4n) is 2.69. The molecule has 4 N–H and O–H groups in total. The standard InChI is InChI=1S/C20H16N4O/c21-17-10-16(11-18(22)12-17)20-24-23-19(25-20)15-8-6-14(7-9-15)13-4-2-1-3-5-13/h1-12H,21-22H2. The van der Waals surface area contributed by atoms with E-state index in [1.54, 1.807) is 18.2 Å². The molecule has 0 aliphatic carbocycles. The average molecular weight is 328 g/mol. The molecule has 0 bridgehead atoms. The fraction of sp³-hybridized carbons (Fsp3) is 0. The largest absolute Gasteiger partial charge is 0.416 e. The Morgan fingerprint density at radius 3 is 1.72 bits per heavy atom. The SMILES string of the molecule is Nc1cc(N)cc(-c2nnc(-c3ccc(-c4ccccc4)cc3)o2)c1. The Morgan fingerprint density at radius 1 is 0.560 bits per heavy atom. The van der Waals surface area contributed by atoms with Crippen LogP contribution in [-0.4, -0.2) is 10.2 Å². The van der Waals surface area contributed by atoms with Crippen LogP contribution in [0.4, 0.5) is 11.4 Å².